The molecule has 116 valence electrons. The normalized spacial score (nSPS) is 14.2. The van der Waals surface area contributed by atoms with Crippen molar-refractivity contribution in [3.63, 3.8) is 0 Å². The van der Waals surface area contributed by atoms with Crippen LogP contribution in [0.25, 0.3) is 28.2 Å². The highest BCUT2D eigenvalue weighted by molar-refractivity contribution is 5.82. The van der Waals surface area contributed by atoms with Gasteiger partial charge in [-0.3, -0.25) is 4.40 Å². The van der Waals surface area contributed by atoms with Crippen LogP contribution in [0.15, 0.2) is 79.0 Å². The van der Waals surface area contributed by atoms with E-state index in [4.69, 9.17) is 4.98 Å². The van der Waals surface area contributed by atoms with E-state index in [1.807, 2.05) is 6.07 Å². The largest absolute Gasteiger partial charge is 0.299 e. The number of pyridine rings is 1. The third-order valence-corrected chi connectivity index (χ3v) is 4.79. The topological polar surface area (TPSA) is 17.3 Å². The first-order valence-electron chi connectivity index (χ1n) is 8.53. The molecule has 0 atom stereocenters. The summed E-state index contributed by atoms with van der Waals surface area (Å²) >= 11 is 0. The Morgan fingerprint density at radius 2 is 1.46 bits per heavy atom. The molecule has 0 radical (unpaired) electrons. The summed E-state index contributed by atoms with van der Waals surface area (Å²) in [6, 6.07) is 25.5. The van der Waals surface area contributed by atoms with Gasteiger partial charge in [-0.1, -0.05) is 60.7 Å². The van der Waals surface area contributed by atoms with Crippen molar-refractivity contribution in [1.29, 1.82) is 0 Å². The Kier molecular flexibility index (Phi) is 3.02. The van der Waals surface area contributed by atoms with E-state index in [9.17, 15) is 0 Å². The van der Waals surface area contributed by atoms with E-state index in [2.05, 4.69) is 77.3 Å². The van der Waals surface area contributed by atoms with Gasteiger partial charge in [0.15, 0.2) is 0 Å². The van der Waals surface area contributed by atoms with Gasteiger partial charge in [-0.15, -0.1) is 0 Å². The minimum atomic E-state index is 0.743. The van der Waals surface area contributed by atoms with E-state index in [-0.39, 0.29) is 0 Å². The molecule has 1 fully saturated rings. The Morgan fingerprint density at radius 3 is 2.12 bits per heavy atom. The second kappa shape index (κ2) is 5.34. The highest BCUT2D eigenvalue weighted by Crippen LogP contribution is 2.41. The SMILES string of the molecule is c1ccc(-c2nc3cc(C4CC4)ccn3c2-c2ccccc2)cc1. The summed E-state index contributed by atoms with van der Waals surface area (Å²) in [6.45, 7) is 0. The minimum absolute atomic E-state index is 0.743. The van der Waals surface area contributed by atoms with Crippen LogP contribution >= 0.6 is 0 Å². The maximum absolute atomic E-state index is 4.99. The Hall–Kier alpha value is -2.87. The molecule has 0 N–H and O–H groups in total. The second-order valence-electron chi connectivity index (χ2n) is 6.50. The third kappa shape index (κ3) is 2.23. The number of hydrogen-bond acceptors (Lipinski definition) is 1. The zero-order valence-corrected chi connectivity index (χ0v) is 13.4. The molecular weight excluding hydrogens is 292 g/mol. The number of nitrogens with zero attached hydrogens (tertiary/aromatic N) is 2. The molecule has 0 spiro atoms. The predicted molar refractivity (Wildman–Crippen MR) is 98.0 cm³/mol. The molecule has 1 saturated carbocycles. The molecule has 0 bridgehead atoms. The fourth-order valence-corrected chi connectivity index (χ4v) is 3.40. The van der Waals surface area contributed by atoms with Crippen molar-refractivity contribution in [2.45, 2.75) is 18.8 Å². The minimum Gasteiger partial charge on any atom is -0.299 e. The van der Waals surface area contributed by atoms with E-state index >= 15 is 0 Å². The summed E-state index contributed by atoms with van der Waals surface area (Å²) in [5.74, 6) is 0.743. The van der Waals surface area contributed by atoms with Crippen molar-refractivity contribution in [3.8, 4) is 22.5 Å². The lowest BCUT2D eigenvalue weighted by atomic mass is 10.1. The number of rotatable bonds is 3. The molecule has 2 heteroatoms. The lowest BCUT2D eigenvalue weighted by Gasteiger charge is -2.06. The number of aromatic nitrogens is 2. The van der Waals surface area contributed by atoms with Gasteiger partial charge in [0.2, 0.25) is 0 Å². The quantitative estimate of drug-likeness (QED) is 0.485. The van der Waals surface area contributed by atoms with Crippen molar-refractivity contribution in [1.82, 2.24) is 9.38 Å². The van der Waals surface area contributed by atoms with Crippen LogP contribution in [0.2, 0.25) is 0 Å². The van der Waals surface area contributed by atoms with Gasteiger partial charge in [-0.05, 0) is 36.5 Å². The van der Waals surface area contributed by atoms with Gasteiger partial charge < -0.3 is 0 Å². The van der Waals surface area contributed by atoms with E-state index in [0.29, 0.717) is 0 Å². The van der Waals surface area contributed by atoms with Crippen molar-refractivity contribution in [2.75, 3.05) is 0 Å². The van der Waals surface area contributed by atoms with Crippen molar-refractivity contribution in [2.24, 2.45) is 0 Å². The lowest BCUT2D eigenvalue weighted by Crippen LogP contribution is -1.91. The van der Waals surface area contributed by atoms with Crippen LogP contribution in [0.4, 0.5) is 0 Å². The molecule has 1 aliphatic carbocycles. The van der Waals surface area contributed by atoms with Gasteiger partial charge in [0.25, 0.3) is 0 Å². The molecule has 24 heavy (non-hydrogen) atoms. The molecule has 4 aromatic rings. The molecule has 0 aliphatic heterocycles. The number of fused-ring (bicyclic) bond motifs is 1. The molecule has 5 rings (SSSR count). The Labute approximate surface area is 141 Å². The summed E-state index contributed by atoms with van der Waals surface area (Å²) in [7, 11) is 0. The van der Waals surface area contributed by atoms with Gasteiger partial charge in [-0.2, -0.15) is 0 Å². The van der Waals surface area contributed by atoms with Crippen molar-refractivity contribution >= 4 is 5.65 Å². The lowest BCUT2D eigenvalue weighted by molar-refractivity contribution is 1.09. The van der Waals surface area contributed by atoms with E-state index in [1.165, 1.54) is 29.7 Å². The first-order chi connectivity index (χ1) is 11.9. The summed E-state index contributed by atoms with van der Waals surface area (Å²) in [5, 5.41) is 0. The second-order valence-corrected chi connectivity index (χ2v) is 6.50. The fourth-order valence-electron chi connectivity index (χ4n) is 3.40. The molecule has 0 saturated heterocycles. The summed E-state index contributed by atoms with van der Waals surface area (Å²) in [4.78, 5) is 4.99. The molecule has 2 heterocycles. The number of benzene rings is 2. The monoisotopic (exact) mass is 310 g/mol. The van der Waals surface area contributed by atoms with Crippen LogP contribution in [0.1, 0.15) is 24.3 Å². The molecule has 2 nitrogen and oxygen atoms in total. The van der Waals surface area contributed by atoms with E-state index < -0.39 is 0 Å². The zero-order valence-electron chi connectivity index (χ0n) is 13.4. The van der Waals surface area contributed by atoms with Gasteiger partial charge in [0, 0.05) is 17.3 Å². The first kappa shape index (κ1) is 13.6. The summed E-state index contributed by atoms with van der Waals surface area (Å²) in [5.41, 5.74) is 7.04. The van der Waals surface area contributed by atoms with Gasteiger partial charge in [0.05, 0.1) is 11.4 Å². The highest BCUT2D eigenvalue weighted by Gasteiger charge is 2.24. The van der Waals surface area contributed by atoms with Crippen LogP contribution in [0.5, 0.6) is 0 Å². The summed E-state index contributed by atoms with van der Waals surface area (Å²) < 4.78 is 2.23. The maximum Gasteiger partial charge on any atom is 0.138 e. The van der Waals surface area contributed by atoms with Crippen LogP contribution < -0.4 is 0 Å². The van der Waals surface area contributed by atoms with Crippen LogP contribution in [0, 0.1) is 0 Å². The average Bonchev–Trinajstić information content (AvgIpc) is 3.43. The highest BCUT2D eigenvalue weighted by atomic mass is 15.0. The maximum atomic E-state index is 4.99. The Bertz CT molecular complexity index is 996. The third-order valence-electron chi connectivity index (χ3n) is 4.79. The molecule has 2 aromatic heterocycles. The Balaban J connectivity index is 1.79. The molecule has 2 aromatic carbocycles. The van der Waals surface area contributed by atoms with Crippen molar-refractivity contribution < 1.29 is 0 Å². The number of hydrogen-bond donors (Lipinski definition) is 0. The Morgan fingerprint density at radius 1 is 0.792 bits per heavy atom. The molecule has 1 aliphatic rings. The van der Waals surface area contributed by atoms with Gasteiger partial charge in [-0.25, -0.2) is 4.98 Å². The molecule has 0 unspecified atom stereocenters. The summed E-state index contributed by atoms with van der Waals surface area (Å²) in [6.07, 6.45) is 4.81. The van der Waals surface area contributed by atoms with E-state index in [0.717, 1.165) is 22.8 Å². The average molecular weight is 310 g/mol. The smallest absolute Gasteiger partial charge is 0.138 e. The van der Waals surface area contributed by atoms with Crippen molar-refractivity contribution in [3.05, 3.63) is 84.6 Å². The van der Waals surface area contributed by atoms with Crippen LogP contribution in [0.3, 0.4) is 0 Å². The van der Waals surface area contributed by atoms with Gasteiger partial charge in [0.1, 0.15) is 5.65 Å². The van der Waals surface area contributed by atoms with Gasteiger partial charge >= 0.3 is 0 Å². The molecule has 0 amide bonds. The standard InChI is InChI=1S/C22H18N2/c1-3-7-17(8-4-1)21-22(18-9-5-2-6-10-18)24-14-13-19(16-11-12-16)15-20(24)23-21/h1-10,13-16H,11-12H2. The predicted octanol–water partition coefficient (Wildman–Crippen LogP) is 5.55. The van der Waals surface area contributed by atoms with E-state index in [1.54, 1.807) is 0 Å². The first-order valence-corrected chi connectivity index (χ1v) is 8.53. The zero-order chi connectivity index (χ0) is 15.9. The fraction of sp³-hybridized carbons (Fsp3) is 0.136. The van der Waals surface area contributed by atoms with Crippen LogP contribution in [-0.4, -0.2) is 9.38 Å². The molecular formula is C22H18N2. The van der Waals surface area contributed by atoms with Crippen LogP contribution in [-0.2, 0) is 0 Å². The number of imidazole rings is 1.